The molecule has 0 spiro atoms. The van der Waals surface area contributed by atoms with Crippen LogP contribution in [0.25, 0.3) is 10.7 Å². The van der Waals surface area contributed by atoms with E-state index in [-0.39, 0.29) is 11.8 Å². The summed E-state index contributed by atoms with van der Waals surface area (Å²) in [6.07, 6.45) is 1.66. The highest BCUT2D eigenvalue weighted by Gasteiger charge is 2.34. The summed E-state index contributed by atoms with van der Waals surface area (Å²) in [5.41, 5.74) is 0.803. The molecule has 7 nitrogen and oxygen atoms in total. The van der Waals surface area contributed by atoms with E-state index >= 15 is 0 Å². The average Bonchev–Trinajstić information content (AvgIpc) is 3.37. The van der Waals surface area contributed by atoms with E-state index in [9.17, 15) is 8.42 Å². The molecule has 3 aromatic rings. The molecule has 1 aliphatic rings. The lowest BCUT2D eigenvalue weighted by Gasteiger charge is -2.23. The monoisotopic (exact) mass is 389 g/mol. The molecule has 0 radical (unpaired) electrons. The lowest BCUT2D eigenvalue weighted by Crippen LogP contribution is -2.39. The van der Waals surface area contributed by atoms with Crippen molar-refractivity contribution in [1.29, 1.82) is 0 Å². The molecule has 0 bridgehead atoms. The molecule has 136 valence electrons. The van der Waals surface area contributed by atoms with Crippen LogP contribution in [0.4, 0.5) is 0 Å². The summed E-state index contributed by atoms with van der Waals surface area (Å²) in [5.74, 6) is 0.604. The third-order valence-corrected chi connectivity index (χ3v) is 7.20. The van der Waals surface area contributed by atoms with Crippen molar-refractivity contribution < 1.29 is 8.42 Å². The molecule has 26 heavy (non-hydrogen) atoms. The van der Waals surface area contributed by atoms with Crippen molar-refractivity contribution in [3.63, 3.8) is 0 Å². The molecule has 0 unspecified atom stereocenters. The van der Waals surface area contributed by atoms with Crippen molar-refractivity contribution in [2.45, 2.75) is 31.2 Å². The van der Waals surface area contributed by atoms with Crippen LogP contribution < -0.4 is 0 Å². The van der Waals surface area contributed by atoms with Crippen molar-refractivity contribution in [3.8, 4) is 10.7 Å². The minimum atomic E-state index is -3.37. The van der Waals surface area contributed by atoms with Gasteiger partial charge in [-0.1, -0.05) is 36.4 Å². The molecule has 1 aliphatic heterocycles. The van der Waals surface area contributed by atoms with Gasteiger partial charge in [-0.05, 0) is 35.1 Å². The van der Waals surface area contributed by atoms with Crippen LogP contribution in [0.15, 0.2) is 47.8 Å². The zero-order valence-corrected chi connectivity index (χ0v) is 15.7. The number of rotatable bonds is 6. The van der Waals surface area contributed by atoms with E-state index in [0.29, 0.717) is 18.9 Å². The first-order valence-electron chi connectivity index (χ1n) is 8.47. The molecule has 0 amide bonds. The Hall–Kier alpha value is -2.10. The van der Waals surface area contributed by atoms with Crippen molar-refractivity contribution in [3.05, 3.63) is 53.4 Å². The Bertz CT molecular complexity index is 954. The molecule has 1 fully saturated rings. The first-order valence-corrected chi connectivity index (χ1v) is 11.0. The van der Waals surface area contributed by atoms with Crippen LogP contribution in [0.3, 0.4) is 0 Å². The quantitative estimate of drug-likeness (QED) is 0.647. The van der Waals surface area contributed by atoms with Crippen LogP contribution in [-0.2, 0) is 22.3 Å². The van der Waals surface area contributed by atoms with Crippen LogP contribution in [0.5, 0.6) is 0 Å². The van der Waals surface area contributed by atoms with Gasteiger partial charge >= 0.3 is 0 Å². The van der Waals surface area contributed by atoms with Gasteiger partial charge in [0.05, 0.1) is 17.2 Å². The molecule has 1 saturated heterocycles. The average molecular weight is 390 g/mol. The van der Waals surface area contributed by atoms with Gasteiger partial charge in [-0.25, -0.2) is 8.42 Å². The van der Waals surface area contributed by atoms with E-state index in [1.165, 1.54) is 4.80 Å². The van der Waals surface area contributed by atoms with Crippen LogP contribution in [0.1, 0.15) is 18.4 Å². The third kappa shape index (κ3) is 3.69. The van der Waals surface area contributed by atoms with Gasteiger partial charge < -0.3 is 0 Å². The second-order valence-corrected chi connectivity index (χ2v) is 9.16. The topological polar surface area (TPSA) is 81.0 Å². The Morgan fingerprint density at radius 3 is 2.77 bits per heavy atom. The Balaban J connectivity index is 1.48. The lowest BCUT2D eigenvalue weighted by atomic mass is 10.2. The maximum atomic E-state index is 12.9. The van der Waals surface area contributed by atoms with Crippen LogP contribution in [-0.4, -0.2) is 45.5 Å². The molecule has 9 heteroatoms. The number of tetrazole rings is 1. The first-order chi connectivity index (χ1) is 12.6. The molecule has 1 aromatic carbocycles. The highest BCUT2D eigenvalue weighted by atomic mass is 32.2. The zero-order valence-electron chi connectivity index (χ0n) is 14.1. The van der Waals surface area contributed by atoms with Gasteiger partial charge in [0.15, 0.2) is 0 Å². The summed E-state index contributed by atoms with van der Waals surface area (Å²) in [4.78, 5) is 2.46. The van der Waals surface area contributed by atoms with Gasteiger partial charge in [-0.3, -0.25) is 0 Å². The standard InChI is InChI=1S/C17H19N5O2S2/c23-26(24,13-14-6-2-1-3-7-14)21-10-4-8-15(21)12-22-19-17(18-20-22)16-9-5-11-25-16/h1-3,5-7,9,11,15H,4,8,10,12-13H2/t15-/m0/s1. The van der Waals surface area contributed by atoms with Crippen molar-refractivity contribution >= 4 is 21.4 Å². The van der Waals surface area contributed by atoms with E-state index in [1.807, 2.05) is 47.8 Å². The van der Waals surface area contributed by atoms with E-state index in [4.69, 9.17) is 0 Å². The predicted octanol–water partition coefficient (Wildman–Crippen LogP) is 2.40. The summed E-state index contributed by atoms with van der Waals surface area (Å²) in [5, 5.41) is 14.5. The number of sulfonamides is 1. The number of hydrogen-bond donors (Lipinski definition) is 0. The number of aromatic nitrogens is 4. The minimum Gasteiger partial charge on any atom is -0.212 e. The highest BCUT2D eigenvalue weighted by molar-refractivity contribution is 7.88. The molecule has 0 aliphatic carbocycles. The van der Waals surface area contributed by atoms with Crippen LogP contribution in [0.2, 0.25) is 0 Å². The molecule has 2 aromatic heterocycles. The minimum absolute atomic E-state index is 0.0234. The Morgan fingerprint density at radius 2 is 2.00 bits per heavy atom. The second-order valence-electron chi connectivity index (χ2n) is 6.29. The second kappa shape index (κ2) is 7.26. The SMILES string of the molecule is O=S(=O)(Cc1ccccc1)N1CCC[C@H]1Cn1nnc(-c2cccs2)n1. The van der Waals surface area contributed by atoms with E-state index in [2.05, 4.69) is 15.4 Å². The van der Waals surface area contributed by atoms with Crippen molar-refractivity contribution in [1.82, 2.24) is 24.5 Å². The molecule has 0 N–H and O–H groups in total. The van der Waals surface area contributed by atoms with Gasteiger partial charge in [0, 0.05) is 12.6 Å². The number of benzene rings is 1. The maximum absolute atomic E-state index is 12.9. The summed E-state index contributed by atoms with van der Waals surface area (Å²) < 4.78 is 27.3. The molecular weight excluding hydrogens is 370 g/mol. The summed E-state index contributed by atoms with van der Waals surface area (Å²) in [7, 11) is -3.37. The van der Waals surface area contributed by atoms with Crippen molar-refractivity contribution in [2.24, 2.45) is 0 Å². The number of thiophene rings is 1. The van der Waals surface area contributed by atoms with Crippen molar-refractivity contribution in [2.75, 3.05) is 6.54 Å². The molecule has 3 heterocycles. The Morgan fingerprint density at radius 1 is 1.15 bits per heavy atom. The number of hydrogen-bond acceptors (Lipinski definition) is 6. The Kier molecular flexibility index (Phi) is 4.84. The third-order valence-electron chi connectivity index (χ3n) is 4.44. The smallest absolute Gasteiger partial charge is 0.212 e. The van der Waals surface area contributed by atoms with Gasteiger partial charge in [-0.15, -0.1) is 21.5 Å². The van der Waals surface area contributed by atoms with E-state index < -0.39 is 10.0 Å². The molecule has 1 atom stereocenters. The molecule has 0 saturated carbocycles. The van der Waals surface area contributed by atoms with Crippen LogP contribution >= 0.6 is 11.3 Å². The predicted molar refractivity (Wildman–Crippen MR) is 99.9 cm³/mol. The highest BCUT2D eigenvalue weighted by Crippen LogP contribution is 2.25. The summed E-state index contributed by atoms with van der Waals surface area (Å²) >= 11 is 1.55. The largest absolute Gasteiger partial charge is 0.218 e. The maximum Gasteiger partial charge on any atom is 0.218 e. The van der Waals surface area contributed by atoms with Gasteiger partial charge in [0.1, 0.15) is 0 Å². The molecular formula is C17H19N5O2S2. The fourth-order valence-corrected chi connectivity index (χ4v) is 5.70. The normalized spacial score (nSPS) is 18.4. The van der Waals surface area contributed by atoms with Gasteiger partial charge in [-0.2, -0.15) is 9.10 Å². The lowest BCUT2D eigenvalue weighted by molar-refractivity contribution is 0.323. The van der Waals surface area contributed by atoms with Gasteiger partial charge in [0.2, 0.25) is 15.8 Å². The number of nitrogens with zero attached hydrogens (tertiary/aromatic N) is 5. The fraction of sp³-hybridized carbons (Fsp3) is 0.353. The van der Waals surface area contributed by atoms with Gasteiger partial charge in [0.25, 0.3) is 0 Å². The van der Waals surface area contributed by atoms with Crippen LogP contribution in [0, 0.1) is 0 Å². The molecule has 4 rings (SSSR count). The zero-order chi connectivity index (χ0) is 18.0. The van der Waals surface area contributed by atoms with E-state index in [0.717, 1.165) is 23.3 Å². The first kappa shape index (κ1) is 17.3. The van der Waals surface area contributed by atoms with E-state index in [1.54, 1.807) is 15.6 Å². The fourth-order valence-electron chi connectivity index (χ4n) is 3.24. The Labute approximate surface area is 156 Å². The summed E-state index contributed by atoms with van der Waals surface area (Å²) in [6.45, 7) is 0.971. The summed E-state index contributed by atoms with van der Waals surface area (Å²) in [6, 6.07) is 13.0.